The second-order valence-corrected chi connectivity index (χ2v) is 8.85. The Kier molecular flexibility index (Phi) is 5.06. The third-order valence-electron chi connectivity index (χ3n) is 5.63. The molecule has 0 unspecified atom stereocenters. The number of nitrogens with zero attached hydrogens (tertiary/aromatic N) is 1. The van der Waals surface area contributed by atoms with Crippen LogP contribution in [0.5, 0.6) is 17.2 Å². The molecule has 0 atom stereocenters. The molecular formula is C25H27NO5. The first-order valence-electron chi connectivity index (χ1n) is 10.3. The van der Waals surface area contributed by atoms with Crippen molar-refractivity contribution in [2.45, 2.75) is 32.8 Å². The normalized spacial score (nSPS) is 14.6. The molecule has 1 aliphatic heterocycles. The van der Waals surface area contributed by atoms with E-state index in [4.69, 9.17) is 9.15 Å². The lowest BCUT2D eigenvalue weighted by Gasteiger charge is -2.30. The Morgan fingerprint density at radius 3 is 2.58 bits per heavy atom. The Morgan fingerprint density at radius 1 is 1.16 bits per heavy atom. The number of aromatic hydroxyl groups is 2. The van der Waals surface area contributed by atoms with Crippen LogP contribution in [0.1, 0.15) is 30.5 Å². The lowest BCUT2D eigenvalue weighted by atomic mass is 9.94. The number of fused-ring (bicyclic) bond motifs is 3. The highest BCUT2D eigenvalue weighted by Crippen LogP contribution is 2.44. The maximum Gasteiger partial charge on any atom is 0.204 e. The van der Waals surface area contributed by atoms with Crippen LogP contribution in [-0.4, -0.2) is 41.4 Å². The van der Waals surface area contributed by atoms with Crippen molar-refractivity contribution in [1.82, 2.24) is 4.90 Å². The summed E-state index contributed by atoms with van der Waals surface area (Å²) in [5, 5.41) is 21.4. The summed E-state index contributed by atoms with van der Waals surface area (Å²) in [4.78, 5) is 15.5. The summed E-state index contributed by atoms with van der Waals surface area (Å²) in [6, 6.07) is 5.02. The Hall–Kier alpha value is -3.25. The lowest BCUT2D eigenvalue weighted by molar-refractivity contribution is 0.156. The Labute approximate surface area is 181 Å². The molecule has 0 spiro atoms. The minimum Gasteiger partial charge on any atom is -0.508 e. The maximum absolute atomic E-state index is 13.5. The minimum atomic E-state index is -0.542. The van der Waals surface area contributed by atoms with Gasteiger partial charge in [-0.15, -0.1) is 0 Å². The van der Waals surface area contributed by atoms with Crippen LogP contribution in [0, 0.1) is 6.92 Å². The minimum absolute atomic E-state index is 0.0943. The summed E-state index contributed by atoms with van der Waals surface area (Å²) >= 11 is 0. The zero-order chi connectivity index (χ0) is 22.5. The Balaban J connectivity index is 2.01. The highest BCUT2D eigenvalue weighted by atomic mass is 16.5. The van der Waals surface area contributed by atoms with Crippen molar-refractivity contribution in [2.75, 3.05) is 20.6 Å². The summed E-state index contributed by atoms with van der Waals surface area (Å²) in [6.07, 6.45) is 5.69. The van der Waals surface area contributed by atoms with E-state index < -0.39 is 5.60 Å². The van der Waals surface area contributed by atoms with E-state index in [1.165, 1.54) is 12.3 Å². The van der Waals surface area contributed by atoms with Crippen molar-refractivity contribution in [2.24, 2.45) is 0 Å². The molecule has 0 saturated heterocycles. The number of phenolic OH excluding ortho intramolecular Hbond substituents is 2. The van der Waals surface area contributed by atoms with E-state index in [-0.39, 0.29) is 33.5 Å². The number of benzene rings is 2. The zero-order valence-corrected chi connectivity index (χ0v) is 18.4. The van der Waals surface area contributed by atoms with Gasteiger partial charge in [0.05, 0.1) is 11.1 Å². The van der Waals surface area contributed by atoms with Crippen molar-refractivity contribution in [3.05, 3.63) is 57.5 Å². The first kappa shape index (κ1) is 21.0. The molecule has 2 N–H and O–H groups in total. The molecule has 0 bridgehead atoms. The first-order valence-corrected chi connectivity index (χ1v) is 10.3. The molecule has 0 fully saturated rings. The van der Waals surface area contributed by atoms with Gasteiger partial charge in [-0.2, -0.15) is 0 Å². The van der Waals surface area contributed by atoms with Crippen LogP contribution < -0.4 is 10.2 Å². The molecule has 0 radical (unpaired) electrons. The van der Waals surface area contributed by atoms with Crippen LogP contribution in [0.15, 0.2) is 39.7 Å². The molecule has 6 heteroatoms. The van der Waals surface area contributed by atoms with Crippen molar-refractivity contribution < 1.29 is 19.4 Å². The standard InChI is InChI=1S/C25H27NO5/c1-14-6-7-15(12-19(14)27)18-13-30-24-17-8-10-25(2,3)31-23(17)16(9-11-26(4)5)21(28)20(24)22(18)29/h6-8,10,12-13,27-28H,9,11H2,1-5H3. The van der Waals surface area contributed by atoms with Gasteiger partial charge < -0.3 is 24.3 Å². The second kappa shape index (κ2) is 7.46. The summed E-state index contributed by atoms with van der Waals surface area (Å²) in [6.45, 7) is 6.33. The number of aryl methyl sites for hydroxylation is 1. The summed E-state index contributed by atoms with van der Waals surface area (Å²) in [5.41, 5.74) is 2.14. The van der Waals surface area contributed by atoms with Crippen LogP contribution >= 0.6 is 0 Å². The van der Waals surface area contributed by atoms with E-state index in [0.717, 1.165) is 0 Å². The molecule has 2 heterocycles. The highest BCUT2D eigenvalue weighted by Gasteiger charge is 2.30. The van der Waals surface area contributed by atoms with Gasteiger partial charge in [-0.1, -0.05) is 12.1 Å². The molecular weight excluding hydrogens is 394 g/mol. The molecule has 0 aliphatic carbocycles. The maximum atomic E-state index is 13.5. The number of hydrogen-bond donors (Lipinski definition) is 2. The van der Waals surface area contributed by atoms with Gasteiger partial charge in [-0.3, -0.25) is 4.79 Å². The first-order chi connectivity index (χ1) is 14.6. The smallest absolute Gasteiger partial charge is 0.204 e. The van der Waals surface area contributed by atoms with Gasteiger partial charge in [-0.25, -0.2) is 0 Å². The summed E-state index contributed by atoms with van der Waals surface area (Å²) in [5.74, 6) is 0.522. The fraction of sp³-hybridized carbons (Fsp3) is 0.320. The fourth-order valence-corrected chi connectivity index (χ4v) is 3.80. The van der Waals surface area contributed by atoms with Crippen LogP contribution in [0.2, 0.25) is 0 Å². The molecule has 1 aromatic heterocycles. The van der Waals surface area contributed by atoms with Crippen LogP contribution in [0.3, 0.4) is 0 Å². The summed E-state index contributed by atoms with van der Waals surface area (Å²) < 4.78 is 12.1. The number of rotatable bonds is 4. The van der Waals surface area contributed by atoms with E-state index in [2.05, 4.69) is 0 Å². The molecule has 0 amide bonds. The second-order valence-electron chi connectivity index (χ2n) is 8.85. The summed E-state index contributed by atoms with van der Waals surface area (Å²) in [7, 11) is 3.90. The van der Waals surface area contributed by atoms with E-state index in [1.807, 2.05) is 45.0 Å². The van der Waals surface area contributed by atoms with Crippen molar-refractivity contribution >= 4 is 17.0 Å². The van der Waals surface area contributed by atoms with Gasteiger partial charge >= 0.3 is 0 Å². The van der Waals surface area contributed by atoms with Gasteiger partial charge in [0, 0.05) is 12.1 Å². The third-order valence-corrected chi connectivity index (χ3v) is 5.63. The Morgan fingerprint density at radius 2 is 1.90 bits per heavy atom. The van der Waals surface area contributed by atoms with Crippen molar-refractivity contribution in [1.29, 1.82) is 0 Å². The molecule has 0 saturated carbocycles. The molecule has 6 nitrogen and oxygen atoms in total. The van der Waals surface area contributed by atoms with Crippen LogP contribution in [0.25, 0.3) is 28.2 Å². The van der Waals surface area contributed by atoms with Gasteiger partial charge in [0.25, 0.3) is 0 Å². The zero-order valence-electron chi connectivity index (χ0n) is 18.4. The van der Waals surface area contributed by atoms with E-state index in [1.54, 1.807) is 19.1 Å². The van der Waals surface area contributed by atoms with Gasteiger partial charge in [-0.05, 0) is 70.6 Å². The molecule has 2 aromatic carbocycles. The lowest BCUT2D eigenvalue weighted by Crippen LogP contribution is -2.29. The van der Waals surface area contributed by atoms with Crippen molar-refractivity contribution in [3.8, 4) is 28.4 Å². The number of hydrogen-bond acceptors (Lipinski definition) is 6. The number of phenols is 2. The topological polar surface area (TPSA) is 83.1 Å². The largest absolute Gasteiger partial charge is 0.508 e. The number of ether oxygens (including phenoxy) is 1. The fourth-order valence-electron chi connectivity index (χ4n) is 3.80. The van der Waals surface area contributed by atoms with E-state index in [0.29, 0.717) is 41.0 Å². The molecule has 3 aromatic rings. The van der Waals surface area contributed by atoms with E-state index >= 15 is 0 Å². The average molecular weight is 421 g/mol. The Bertz CT molecular complexity index is 1270. The molecule has 1 aliphatic rings. The van der Waals surface area contributed by atoms with Gasteiger partial charge in [0.2, 0.25) is 5.43 Å². The predicted octanol–water partition coefficient (Wildman–Crippen LogP) is 4.47. The average Bonchev–Trinajstić information content (AvgIpc) is 2.69. The van der Waals surface area contributed by atoms with Gasteiger partial charge in [0.1, 0.15) is 34.5 Å². The molecule has 162 valence electrons. The monoisotopic (exact) mass is 421 g/mol. The van der Waals surface area contributed by atoms with Crippen LogP contribution in [-0.2, 0) is 6.42 Å². The quantitative estimate of drug-likeness (QED) is 0.647. The molecule has 31 heavy (non-hydrogen) atoms. The van der Waals surface area contributed by atoms with Gasteiger partial charge in [0.15, 0.2) is 5.58 Å². The SMILES string of the molecule is Cc1ccc(-c2coc3c4c(c(CCN(C)C)c(O)c3c2=O)OC(C)(C)C=C4)cc1O. The highest BCUT2D eigenvalue weighted by molar-refractivity contribution is 5.97. The third kappa shape index (κ3) is 3.68. The van der Waals surface area contributed by atoms with E-state index in [9.17, 15) is 15.0 Å². The van der Waals surface area contributed by atoms with Crippen LogP contribution in [0.4, 0.5) is 0 Å². The van der Waals surface area contributed by atoms with Crippen molar-refractivity contribution in [3.63, 3.8) is 0 Å². The molecule has 4 rings (SSSR count). The predicted molar refractivity (Wildman–Crippen MR) is 122 cm³/mol. The number of likely N-dealkylation sites (N-methyl/N-ethyl adjacent to an activating group) is 1.